The normalized spacial score (nSPS) is 12.5. The predicted molar refractivity (Wildman–Crippen MR) is 81.9 cm³/mol. The topological polar surface area (TPSA) is 64.4 Å². The molecule has 0 bridgehead atoms. The van der Waals surface area contributed by atoms with Gasteiger partial charge in [0.15, 0.2) is 0 Å². The van der Waals surface area contributed by atoms with Crippen LogP contribution in [0.5, 0.6) is 0 Å². The molecule has 0 aliphatic heterocycles. The van der Waals surface area contributed by atoms with E-state index in [2.05, 4.69) is 5.32 Å². The van der Waals surface area contributed by atoms with Gasteiger partial charge in [0.25, 0.3) is 0 Å². The molecule has 3 N–H and O–H groups in total. The van der Waals surface area contributed by atoms with Crippen molar-refractivity contribution in [3.8, 4) is 0 Å². The third-order valence-corrected chi connectivity index (χ3v) is 3.43. The van der Waals surface area contributed by atoms with Crippen molar-refractivity contribution in [3.05, 3.63) is 33.8 Å². The van der Waals surface area contributed by atoms with Crippen LogP contribution in [-0.2, 0) is 16.1 Å². The zero-order valence-electron chi connectivity index (χ0n) is 11.7. The molecule has 0 aliphatic rings. The summed E-state index contributed by atoms with van der Waals surface area (Å²) in [6, 6.07) is 4.76. The first-order valence-corrected chi connectivity index (χ1v) is 7.22. The van der Waals surface area contributed by atoms with Crippen molar-refractivity contribution in [1.82, 2.24) is 5.32 Å². The second-order valence-corrected chi connectivity index (χ2v) is 5.69. The molecule has 6 heteroatoms. The van der Waals surface area contributed by atoms with Crippen LogP contribution in [0.15, 0.2) is 18.2 Å². The first-order valence-electron chi connectivity index (χ1n) is 6.46. The molecule has 0 aliphatic carbocycles. The number of halogens is 2. The summed E-state index contributed by atoms with van der Waals surface area (Å²) in [4.78, 5) is 11.6. The number of nitrogens with two attached hydrogens (primary N) is 1. The van der Waals surface area contributed by atoms with Gasteiger partial charge in [0.05, 0.1) is 19.3 Å². The van der Waals surface area contributed by atoms with E-state index in [-0.39, 0.29) is 11.8 Å². The maximum absolute atomic E-state index is 11.6. The first-order chi connectivity index (χ1) is 9.41. The maximum atomic E-state index is 11.6. The zero-order chi connectivity index (χ0) is 15.1. The summed E-state index contributed by atoms with van der Waals surface area (Å²) in [5.74, 6) is -0.0445. The highest BCUT2D eigenvalue weighted by molar-refractivity contribution is 6.35. The van der Waals surface area contributed by atoms with Crippen molar-refractivity contribution >= 4 is 29.1 Å². The van der Waals surface area contributed by atoms with E-state index in [4.69, 9.17) is 33.7 Å². The van der Waals surface area contributed by atoms with Crippen molar-refractivity contribution in [2.24, 2.45) is 11.7 Å². The van der Waals surface area contributed by atoms with Crippen LogP contribution in [0.3, 0.4) is 0 Å². The van der Waals surface area contributed by atoms with E-state index in [0.29, 0.717) is 29.8 Å². The number of amides is 1. The molecule has 0 fully saturated rings. The highest BCUT2D eigenvalue weighted by Gasteiger charge is 2.16. The van der Waals surface area contributed by atoms with Crippen LogP contribution in [0, 0.1) is 5.92 Å². The van der Waals surface area contributed by atoms with Crippen LogP contribution >= 0.6 is 23.2 Å². The average Bonchev–Trinajstić information content (AvgIpc) is 2.39. The fourth-order valence-electron chi connectivity index (χ4n) is 1.49. The molecule has 0 heterocycles. The van der Waals surface area contributed by atoms with Crippen LogP contribution in [0.1, 0.15) is 19.4 Å². The van der Waals surface area contributed by atoms with Gasteiger partial charge in [0.2, 0.25) is 5.91 Å². The summed E-state index contributed by atoms with van der Waals surface area (Å²) in [6.07, 6.45) is 0. The average molecular weight is 319 g/mol. The Morgan fingerprint density at radius 3 is 2.70 bits per heavy atom. The highest BCUT2D eigenvalue weighted by atomic mass is 35.5. The van der Waals surface area contributed by atoms with Crippen molar-refractivity contribution < 1.29 is 9.53 Å². The van der Waals surface area contributed by atoms with E-state index in [1.54, 1.807) is 12.1 Å². The van der Waals surface area contributed by atoms with E-state index >= 15 is 0 Å². The monoisotopic (exact) mass is 318 g/mol. The fraction of sp³-hybridized carbons (Fsp3) is 0.500. The highest BCUT2D eigenvalue weighted by Crippen LogP contribution is 2.21. The van der Waals surface area contributed by atoms with Crippen LogP contribution < -0.4 is 11.1 Å². The largest absolute Gasteiger partial charge is 0.375 e. The van der Waals surface area contributed by atoms with E-state index in [0.717, 1.165) is 5.56 Å². The molecular formula is C14H20Cl2N2O2. The molecule has 20 heavy (non-hydrogen) atoms. The number of carbonyl (C=O) groups excluding carboxylic acids is 1. The SMILES string of the molecule is CC(C)[C@H](N)C(=O)NCCOCc1ccc(Cl)cc1Cl. The zero-order valence-corrected chi connectivity index (χ0v) is 13.2. The summed E-state index contributed by atoms with van der Waals surface area (Å²) < 4.78 is 5.45. The Morgan fingerprint density at radius 2 is 2.10 bits per heavy atom. The number of carbonyl (C=O) groups is 1. The Kier molecular flexibility index (Phi) is 7.30. The Hall–Kier alpha value is -0.810. The summed E-state index contributed by atoms with van der Waals surface area (Å²) in [5.41, 5.74) is 6.58. The third kappa shape index (κ3) is 5.67. The Labute approximate surface area is 129 Å². The number of rotatable bonds is 7. The number of nitrogens with one attached hydrogen (secondary N) is 1. The molecule has 1 aromatic rings. The summed E-state index contributed by atoms with van der Waals surface area (Å²) in [6.45, 7) is 5.01. The minimum absolute atomic E-state index is 0.115. The molecule has 4 nitrogen and oxygen atoms in total. The number of benzene rings is 1. The molecule has 112 valence electrons. The first kappa shape index (κ1) is 17.2. The van der Waals surface area contributed by atoms with Crippen LogP contribution in [-0.4, -0.2) is 25.1 Å². The van der Waals surface area contributed by atoms with E-state index < -0.39 is 6.04 Å². The Balaban J connectivity index is 2.24. The van der Waals surface area contributed by atoms with Crippen molar-refractivity contribution in [2.45, 2.75) is 26.5 Å². The van der Waals surface area contributed by atoms with Gasteiger partial charge < -0.3 is 15.8 Å². The van der Waals surface area contributed by atoms with Crippen molar-refractivity contribution in [3.63, 3.8) is 0 Å². The van der Waals surface area contributed by atoms with Gasteiger partial charge in [-0.25, -0.2) is 0 Å². The molecule has 1 rings (SSSR count). The molecule has 0 saturated heterocycles. The molecule has 0 unspecified atom stereocenters. The molecule has 0 spiro atoms. The Bertz CT molecular complexity index is 453. The fourth-order valence-corrected chi connectivity index (χ4v) is 1.95. The molecule has 0 radical (unpaired) electrons. The lowest BCUT2D eigenvalue weighted by Crippen LogP contribution is -2.44. The van der Waals surface area contributed by atoms with Crippen LogP contribution in [0.2, 0.25) is 10.0 Å². The standard InChI is InChI=1S/C14H20Cl2N2O2/c1-9(2)13(17)14(19)18-5-6-20-8-10-3-4-11(15)7-12(10)16/h3-4,7,9,13H,5-6,8,17H2,1-2H3,(H,18,19)/t13-/m0/s1. The molecule has 0 aromatic heterocycles. The van der Waals surface area contributed by atoms with Gasteiger partial charge in [-0.3, -0.25) is 4.79 Å². The summed E-state index contributed by atoms with van der Waals surface area (Å²) >= 11 is 11.8. The molecule has 1 atom stereocenters. The summed E-state index contributed by atoms with van der Waals surface area (Å²) in [7, 11) is 0. The molecule has 1 amide bonds. The van der Waals surface area contributed by atoms with Gasteiger partial charge >= 0.3 is 0 Å². The van der Waals surface area contributed by atoms with Crippen LogP contribution in [0.25, 0.3) is 0 Å². The molecule has 1 aromatic carbocycles. The lowest BCUT2D eigenvalue weighted by Gasteiger charge is -2.15. The quantitative estimate of drug-likeness (QED) is 0.759. The molecular weight excluding hydrogens is 299 g/mol. The van der Waals surface area contributed by atoms with Crippen molar-refractivity contribution in [2.75, 3.05) is 13.2 Å². The van der Waals surface area contributed by atoms with E-state index in [1.165, 1.54) is 0 Å². The lowest BCUT2D eigenvalue weighted by atomic mass is 10.1. The minimum atomic E-state index is -0.485. The Morgan fingerprint density at radius 1 is 1.40 bits per heavy atom. The van der Waals surface area contributed by atoms with Gasteiger partial charge in [-0.2, -0.15) is 0 Å². The smallest absolute Gasteiger partial charge is 0.237 e. The minimum Gasteiger partial charge on any atom is -0.375 e. The molecule has 0 saturated carbocycles. The van der Waals surface area contributed by atoms with Gasteiger partial charge in [-0.15, -0.1) is 0 Å². The second kappa shape index (κ2) is 8.47. The van der Waals surface area contributed by atoms with Gasteiger partial charge in [0, 0.05) is 16.6 Å². The van der Waals surface area contributed by atoms with Gasteiger partial charge in [-0.1, -0.05) is 43.1 Å². The lowest BCUT2D eigenvalue weighted by molar-refractivity contribution is -0.123. The summed E-state index contributed by atoms with van der Waals surface area (Å²) in [5, 5.41) is 3.89. The third-order valence-electron chi connectivity index (χ3n) is 2.84. The predicted octanol–water partition coefficient (Wildman–Crippen LogP) is 2.61. The van der Waals surface area contributed by atoms with E-state index in [1.807, 2.05) is 19.9 Å². The van der Waals surface area contributed by atoms with E-state index in [9.17, 15) is 4.79 Å². The number of ether oxygens (including phenoxy) is 1. The number of hydrogen-bond donors (Lipinski definition) is 2. The number of hydrogen-bond acceptors (Lipinski definition) is 3. The van der Waals surface area contributed by atoms with Gasteiger partial charge in [-0.05, 0) is 23.6 Å². The second-order valence-electron chi connectivity index (χ2n) is 4.85. The van der Waals surface area contributed by atoms with Crippen molar-refractivity contribution in [1.29, 1.82) is 0 Å². The van der Waals surface area contributed by atoms with Crippen LogP contribution in [0.4, 0.5) is 0 Å². The maximum Gasteiger partial charge on any atom is 0.237 e. The van der Waals surface area contributed by atoms with Gasteiger partial charge in [0.1, 0.15) is 0 Å².